The minimum Gasteiger partial charge on any atom is -0.497 e. The molecule has 0 aliphatic heterocycles. The fourth-order valence-corrected chi connectivity index (χ4v) is 4.95. The van der Waals surface area contributed by atoms with E-state index in [4.69, 9.17) is 9.47 Å². The maximum atomic E-state index is 6.09. The number of rotatable bonds is 5. The average molecular weight is 438 g/mol. The molecule has 0 saturated carbocycles. The highest BCUT2D eigenvalue weighted by molar-refractivity contribution is 5.85. The molecule has 31 heavy (non-hydrogen) atoms. The normalized spacial score (nSPS) is 20.1. The number of methoxy groups -OCH3 is 2. The summed E-state index contributed by atoms with van der Waals surface area (Å²) < 4.78 is 11.4. The molecule has 3 aromatic carbocycles. The zero-order valence-corrected chi connectivity index (χ0v) is 19.8. The van der Waals surface area contributed by atoms with Crippen molar-refractivity contribution in [3.8, 4) is 28.0 Å². The van der Waals surface area contributed by atoms with Crippen molar-refractivity contribution in [2.75, 3.05) is 28.3 Å². The Morgan fingerprint density at radius 3 is 2.06 bits per heavy atom. The fraction of sp³-hybridized carbons (Fsp3) is 0.333. The minimum atomic E-state index is -0.300. The van der Waals surface area contributed by atoms with E-state index >= 15 is 0 Å². The van der Waals surface area contributed by atoms with Crippen LogP contribution in [0.1, 0.15) is 24.5 Å². The molecule has 0 bridgehead atoms. The van der Waals surface area contributed by atoms with Gasteiger partial charge in [0.2, 0.25) is 0 Å². The van der Waals surface area contributed by atoms with Crippen molar-refractivity contribution < 1.29 is 9.47 Å². The van der Waals surface area contributed by atoms with E-state index < -0.39 is 0 Å². The number of likely N-dealkylation sites (N-methyl/N-ethyl adjacent to an activating group) is 1. The van der Waals surface area contributed by atoms with Crippen molar-refractivity contribution in [1.29, 1.82) is 0 Å². The van der Waals surface area contributed by atoms with E-state index in [-0.39, 0.29) is 18.0 Å². The quantitative estimate of drug-likeness (QED) is 0.475. The van der Waals surface area contributed by atoms with Crippen molar-refractivity contribution in [3.05, 3.63) is 77.9 Å². The first kappa shape index (κ1) is 23.3. The standard InChI is InChI=1S/C27H31NO2.ClH/c1-27(30-5)25-16-12-20(18-21(25)13-17-26(27)28(2)3)24-9-7-6-8-23(24)19-10-14-22(29-4)15-11-19;/h6-12,14-16,18,26H,13,17H2,1-5H3;1H. The van der Waals surface area contributed by atoms with Gasteiger partial charge in [-0.25, -0.2) is 0 Å². The van der Waals surface area contributed by atoms with Crippen LogP contribution in [0.15, 0.2) is 66.7 Å². The number of benzene rings is 3. The van der Waals surface area contributed by atoms with Crippen molar-refractivity contribution in [3.63, 3.8) is 0 Å². The first-order valence-corrected chi connectivity index (χ1v) is 10.6. The van der Waals surface area contributed by atoms with Crippen LogP contribution in [-0.2, 0) is 16.8 Å². The fourth-order valence-electron chi connectivity index (χ4n) is 4.95. The lowest BCUT2D eigenvalue weighted by atomic mass is 9.75. The summed E-state index contributed by atoms with van der Waals surface area (Å²) >= 11 is 0. The number of halogens is 1. The Labute approximate surface area is 192 Å². The summed E-state index contributed by atoms with van der Waals surface area (Å²) in [7, 11) is 7.82. The topological polar surface area (TPSA) is 21.7 Å². The Kier molecular flexibility index (Phi) is 7.10. The van der Waals surface area contributed by atoms with Crippen LogP contribution in [0.2, 0.25) is 0 Å². The molecule has 4 rings (SSSR count). The first-order valence-electron chi connectivity index (χ1n) is 10.6. The number of fused-ring (bicyclic) bond motifs is 1. The summed E-state index contributed by atoms with van der Waals surface area (Å²) in [6.07, 6.45) is 2.16. The third-order valence-corrected chi connectivity index (χ3v) is 6.65. The lowest BCUT2D eigenvalue weighted by Crippen LogP contribution is -2.50. The number of hydrogen-bond acceptors (Lipinski definition) is 3. The van der Waals surface area contributed by atoms with Gasteiger partial charge in [0.25, 0.3) is 0 Å². The van der Waals surface area contributed by atoms with Crippen molar-refractivity contribution in [1.82, 2.24) is 4.90 Å². The molecule has 0 N–H and O–H groups in total. The largest absolute Gasteiger partial charge is 0.497 e. The molecule has 0 saturated heterocycles. The minimum absolute atomic E-state index is 0. The Hall–Kier alpha value is -2.33. The van der Waals surface area contributed by atoms with Crippen LogP contribution in [0.3, 0.4) is 0 Å². The molecule has 0 spiro atoms. The number of aryl methyl sites for hydroxylation is 1. The molecule has 164 valence electrons. The van der Waals surface area contributed by atoms with Gasteiger partial charge in [-0.15, -0.1) is 12.4 Å². The van der Waals surface area contributed by atoms with Crippen LogP contribution < -0.4 is 4.74 Å². The van der Waals surface area contributed by atoms with Crippen LogP contribution in [0.5, 0.6) is 5.75 Å². The van der Waals surface area contributed by atoms with Crippen LogP contribution in [-0.4, -0.2) is 39.3 Å². The molecular weight excluding hydrogens is 406 g/mol. The van der Waals surface area contributed by atoms with Crippen LogP contribution in [0.4, 0.5) is 0 Å². The first-order chi connectivity index (χ1) is 14.5. The van der Waals surface area contributed by atoms with Gasteiger partial charge in [0, 0.05) is 13.2 Å². The Bertz CT molecular complexity index is 1030. The maximum absolute atomic E-state index is 6.09. The van der Waals surface area contributed by atoms with E-state index in [1.807, 2.05) is 19.2 Å². The molecule has 0 fully saturated rings. The number of ether oxygens (including phenoxy) is 2. The molecule has 2 unspecified atom stereocenters. The van der Waals surface area contributed by atoms with Crippen LogP contribution in [0.25, 0.3) is 22.3 Å². The molecule has 4 heteroatoms. The summed E-state index contributed by atoms with van der Waals surface area (Å²) in [6, 6.07) is 24.2. The molecule has 3 aromatic rings. The predicted molar refractivity (Wildman–Crippen MR) is 131 cm³/mol. The molecule has 0 amide bonds. The van der Waals surface area contributed by atoms with Crippen molar-refractivity contribution in [2.24, 2.45) is 0 Å². The summed E-state index contributed by atoms with van der Waals surface area (Å²) in [5, 5.41) is 0. The Morgan fingerprint density at radius 1 is 0.871 bits per heavy atom. The van der Waals surface area contributed by atoms with Gasteiger partial charge in [-0.05, 0) is 79.4 Å². The summed E-state index contributed by atoms with van der Waals surface area (Å²) in [6.45, 7) is 2.22. The second-order valence-electron chi connectivity index (χ2n) is 8.48. The molecule has 0 aromatic heterocycles. The zero-order chi connectivity index (χ0) is 21.3. The van der Waals surface area contributed by atoms with Crippen LogP contribution >= 0.6 is 12.4 Å². The smallest absolute Gasteiger partial charge is 0.118 e. The third-order valence-electron chi connectivity index (χ3n) is 6.65. The molecular formula is C27H32ClNO2. The highest BCUT2D eigenvalue weighted by Crippen LogP contribution is 2.42. The van der Waals surface area contributed by atoms with Gasteiger partial charge < -0.3 is 14.4 Å². The second-order valence-corrected chi connectivity index (χ2v) is 8.48. The van der Waals surface area contributed by atoms with Gasteiger partial charge in [-0.2, -0.15) is 0 Å². The zero-order valence-electron chi connectivity index (χ0n) is 19.0. The Morgan fingerprint density at radius 2 is 1.48 bits per heavy atom. The second kappa shape index (κ2) is 9.44. The highest BCUT2D eigenvalue weighted by Gasteiger charge is 2.41. The summed E-state index contributed by atoms with van der Waals surface area (Å²) in [4.78, 5) is 2.29. The van der Waals surface area contributed by atoms with E-state index in [1.54, 1.807) is 7.11 Å². The molecule has 0 heterocycles. The molecule has 2 atom stereocenters. The Balaban J connectivity index is 0.00000272. The van der Waals surface area contributed by atoms with Gasteiger partial charge >= 0.3 is 0 Å². The number of hydrogen-bond donors (Lipinski definition) is 0. The van der Waals surface area contributed by atoms with Gasteiger partial charge in [0.15, 0.2) is 0 Å². The van der Waals surface area contributed by atoms with E-state index in [0.717, 1.165) is 18.6 Å². The third kappa shape index (κ3) is 4.23. The van der Waals surface area contributed by atoms with E-state index in [9.17, 15) is 0 Å². The highest BCUT2D eigenvalue weighted by atomic mass is 35.5. The summed E-state index contributed by atoms with van der Waals surface area (Å²) in [5.41, 5.74) is 7.32. The van der Waals surface area contributed by atoms with Gasteiger partial charge in [-0.3, -0.25) is 0 Å². The van der Waals surface area contributed by atoms with Crippen molar-refractivity contribution in [2.45, 2.75) is 31.4 Å². The summed E-state index contributed by atoms with van der Waals surface area (Å²) in [5.74, 6) is 0.874. The van der Waals surface area contributed by atoms with Gasteiger partial charge in [-0.1, -0.05) is 54.6 Å². The monoisotopic (exact) mass is 437 g/mol. The van der Waals surface area contributed by atoms with E-state index in [2.05, 4.69) is 80.5 Å². The average Bonchev–Trinajstić information content (AvgIpc) is 2.79. The van der Waals surface area contributed by atoms with E-state index in [1.165, 1.54) is 33.4 Å². The lowest BCUT2D eigenvalue weighted by Gasteiger charge is -2.45. The van der Waals surface area contributed by atoms with Crippen molar-refractivity contribution >= 4 is 12.4 Å². The molecule has 0 radical (unpaired) electrons. The van der Waals surface area contributed by atoms with E-state index in [0.29, 0.717) is 6.04 Å². The molecule has 1 aliphatic carbocycles. The molecule has 1 aliphatic rings. The SMILES string of the molecule is COc1ccc(-c2ccccc2-c2ccc3c(c2)CCC(N(C)C)C3(C)OC)cc1.Cl. The number of nitrogens with zero attached hydrogens (tertiary/aromatic N) is 1. The van der Waals surface area contributed by atoms with Gasteiger partial charge in [0.05, 0.1) is 7.11 Å². The van der Waals surface area contributed by atoms with Gasteiger partial charge in [0.1, 0.15) is 11.4 Å². The lowest BCUT2D eigenvalue weighted by molar-refractivity contribution is -0.0686. The van der Waals surface area contributed by atoms with Crippen LogP contribution in [0, 0.1) is 0 Å². The predicted octanol–water partition coefficient (Wildman–Crippen LogP) is 6.19. The molecule has 3 nitrogen and oxygen atoms in total. The maximum Gasteiger partial charge on any atom is 0.118 e.